The second-order valence-corrected chi connectivity index (χ2v) is 9.75. The average molecular weight is 536 g/mol. The molecule has 0 bridgehead atoms. The van der Waals surface area contributed by atoms with E-state index in [1.165, 1.54) is 18.3 Å². The molecule has 6 rings (SSSR count). The van der Waals surface area contributed by atoms with Crippen LogP contribution in [0.4, 0.5) is 10.2 Å². The number of halogens is 1. The van der Waals surface area contributed by atoms with Crippen LogP contribution >= 0.6 is 0 Å². The van der Waals surface area contributed by atoms with Crippen molar-refractivity contribution in [1.29, 1.82) is 5.26 Å². The van der Waals surface area contributed by atoms with Crippen molar-refractivity contribution >= 4 is 17.2 Å². The normalized spacial score (nSPS) is 13.5. The van der Waals surface area contributed by atoms with Gasteiger partial charge >= 0.3 is 0 Å². The Labute approximate surface area is 229 Å². The van der Waals surface area contributed by atoms with E-state index in [4.69, 9.17) is 4.98 Å². The standard InChI is InChI=1S/C29H26FN9O/c1-36-18-23(17-34-36)21-12-26(29-22(14-31)16-35-39(29)19-21)20-2-4-27(33-15-20)37-8-10-38(11-9-37)28(40)5-3-25-13-24(30)6-7-32-25/h2,4,6-7,12-13,15-19H,3,5,8-11H2,1H3. The molecule has 1 amide bonds. The van der Waals surface area contributed by atoms with Gasteiger partial charge < -0.3 is 9.80 Å². The number of hydrogen-bond donors (Lipinski definition) is 0. The predicted octanol–water partition coefficient (Wildman–Crippen LogP) is 3.48. The van der Waals surface area contributed by atoms with Gasteiger partial charge in [-0.1, -0.05) is 0 Å². The van der Waals surface area contributed by atoms with Crippen LogP contribution < -0.4 is 4.90 Å². The average Bonchev–Trinajstić information content (AvgIpc) is 3.61. The molecule has 0 aliphatic carbocycles. The molecule has 6 heterocycles. The summed E-state index contributed by atoms with van der Waals surface area (Å²) in [6, 6.07) is 10.9. The monoisotopic (exact) mass is 535 g/mol. The smallest absolute Gasteiger partial charge is 0.223 e. The summed E-state index contributed by atoms with van der Waals surface area (Å²) in [7, 11) is 1.87. The van der Waals surface area contributed by atoms with Crippen molar-refractivity contribution < 1.29 is 9.18 Å². The zero-order valence-electron chi connectivity index (χ0n) is 21.9. The van der Waals surface area contributed by atoms with Crippen molar-refractivity contribution in [2.24, 2.45) is 7.05 Å². The van der Waals surface area contributed by atoms with E-state index in [0.29, 0.717) is 50.3 Å². The summed E-state index contributed by atoms with van der Waals surface area (Å²) in [5.41, 5.74) is 5.41. The number of nitrogens with zero attached hydrogens (tertiary/aromatic N) is 9. The molecular weight excluding hydrogens is 509 g/mol. The van der Waals surface area contributed by atoms with E-state index >= 15 is 0 Å². The fourth-order valence-corrected chi connectivity index (χ4v) is 5.05. The number of rotatable bonds is 6. The maximum absolute atomic E-state index is 13.4. The van der Waals surface area contributed by atoms with Gasteiger partial charge in [0.25, 0.3) is 0 Å². The first-order valence-corrected chi connectivity index (χ1v) is 13.0. The highest BCUT2D eigenvalue weighted by Gasteiger charge is 2.22. The highest BCUT2D eigenvalue weighted by atomic mass is 19.1. The Morgan fingerprint density at radius 2 is 1.82 bits per heavy atom. The largest absolute Gasteiger partial charge is 0.353 e. The molecular formula is C29H26FN9O. The van der Waals surface area contributed by atoms with E-state index in [1.54, 1.807) is 21.6 Å². The quantitative estimate of drug-likeness (QED) is 0.328. The number of amides is 1. The van der Waals surface area contributed by atoms with Crippen molar-refractivity contribution in [1.82, 2.24) is 34.3 Å². The molecule has 11 heteroatoms. The molecule has 0 atom stereocenters. The molecule has 0 saturated carbocycles. The minimum absolute atomic E-state index is 0.0423. The molecule has 0 aromatic carbocycles. The topological polar surface area (TPSA) is 108 Å². The number of aromatic nitrogens is 6. The third-order valence-electron chi connectivity index (χ3n) is 7.16. The number of pyridine rings is 3. The Balaban J connectivity index is 1.16. The van der Waals surface area contributed by atoms with Crippen LogP contribution in [0.3, 0.4) is 0 Å². The van der Waals surface area contributed by atoms with Crippen LogP contribution in [-0.2, 0) is 18.3 Å². The van der Waals surface area contributed by atoms with Crippen molar-refractivity contribution in [3.63, 3.8) is 0 Å². The fourth-order valence-electron chi connectivity index (χ4n) is 5.05. The lowest BCUT2D eigenvalue weighted by Crippen LogP contribution is -2.49. The number of aryl methyl sites for hydroxylation is 2. The first-order valence-electron chi connectivity index (χ1n) is 13.0. The van der Waals surface area contributed by atoms with Crippen molar-refractivity contribution in [2.45, 2.75) is 12.8 Å². The Bertz CT molecular complexity index is 1730. The molecule has 1 fully saturated rings. The summed E-state index contributed by atoms with van der Waals surface area (Å²) in [6.45, 7) is 2.51. The lowest BCUT2D eigenvalue weighted by Gasteiger charge is -2.35. The number of anilines is 1. The number of carbonyl (C=O) groups excluding carboxylic acids is 1. The summed E-state index contributed by atoms with van der Waals surface area (Å²) < 4.78 is 16.9. The van der Waals surface area contributed by atoms with E-state index in [1.807, 2.05) is 48.7 Å². The lowest BCUT2D eigenvalue weighted by molar-refractivity contribution is -0.131. The zero-order chi connectivity index (χ0) is 27.6. The Kier molecular flexibility index (Phi) is 6.66. The number of piperazine rings is 1. The number of carbonyl (C=O) groups is 1. The van der Waals surface area contributed by atoms with Crippen molar-refractivity contribution in [3.05, 3.63) is 84.6 Å². The molecule has 1 aliphatic rings. The molecule has 10 nitrogen and oxygen atoms in total. The van der Waals surface area contributed by atoms with E-state index in [0.717, 1.165) is 33.6 Å². The minimum atomic E-state index is -0.342. The van der Waals surface area contributed by atoms with E-state index in [9.17, 15) is 14.4 Å². The molecule has 0 unspecified atom stereocenters. The number of fused-ring (bicyclic) bond motifs is 1. The first kappa shape index (κ1) is 25.2. The molecule has 0 radical (unpaired) electrons. The predicted molar refractivity (Wildman–Crippen MR) is 147 cm³/mol. The lowest BCUT2D eigenvalue weighted by atomic mass is 10.0. The van der Waals surface area contributed by atoms with Gasteiger partial charge in [0, 0.05) is 92.4 Å². The number of nitriles is 1. The van der Waals surface area contributed by atoms with Crippen LogP contribution in [0.15, 0.2) is 67.5 Å². The summed E-state index contributed by atoms with van der Waals surface area (Å²) in [5.74, 6) is 0.528. The summed E-state index contributed by atoms with van der Waals surface area (Å²) >= 11 is 0. The summed E-state index contributed by atoms with van der Waals surface area (Å²) in [5, 5.41) is 18.4. The van der Waals surface area contributed by atoms with Crippen LogP contribution in [0.1, 0.15) is 17.7 Å². The van der Waals surface area contributed by atoms with E-state index in [-0.39, 0.29) is 11.7 Å². The highest BCUT2D eigenvalue weighted by Crippen LogP contribution is 2.32. The first-order chi connectivity index (χ1) is 19.5. The second-order valence-electron chi connectivity index (χ2n) is 9.75. The third-order valence-corrected chi connectivity index (χ3v) is 7.16. The van der Waals surface area contributed by atoms with Crippen molar-refractivity contribution in [3.8, 4) is 28.3 Å². The van der Waals surface area contributed by atoms with E-state index in [2.05, 4.69) is 26.2 Å². The van der Waals surface area contributed by atoms with Crippen LogP contribution in [0.25, 0.3) is 27.8 Å². The van der Waals surface area contributed by atoms with Gasteiger partial charge in [0.05, 0.1) is 23.5 Å². The molecule has 40 heavy (non-hydrogen) atoms. The van der Waals surface area contributed by atoms with Gasteiger partial charge in [-0.05, 0) is 36.8 Å². The molecule has 0 spiro atoms. The van der Waals surface area contributed by atoms with Crippen molar-refractivity contribution in [2.75, 3.05) is 31.1 Å². The van der Waals surface area contributed by atoms with Gasteiger partial charge in [-0.3, -0.25) is 14.5 Å². The van der Waals surface area contributed by atoms with Gasteiger partial charge in [0.2, 0.25) is 5.91 Å². The van der Waals surface area contributed by atoms with E-state index < -0.39 is 0 Å². The molecule has 1 aliphatic heterocycles. The maximum Gasteiger partial charge on any atom is 0.223 e. The molecule has 1 saturated heterocycles. The molecule has 5 aromatic heterocycles. The number of hydrogen-bond acceptors (Lipinski definition) is 7. The molecule has 0 N–H and O–H groups in total. The minimum Gasteiger partial charge on any atom is -0.353 e. The summed E-state index contributed by atoms with van der Waals surface area (Å²) in [6.07, 6.45) is 11.2. The summed E-state index contributed by atoms with van der Waals surface area (Å²) in [4.78, 5) is 25.6. The molecule has 200 valence electrons. The SMILES string of the molecule is Cn1cc(-c2cc(-c3ccc(N4CCN(C(=O)CCc5cc(F)ccn5)CC4)nc3)c3c(C#N)cnn3c2)cn1. The van der Waals surface area contributed by atoms with Gasteiger partial charge in [-0.25, -0.2) is 13.9 Å². The Hall–Kier alpha value is -5.11. The molecule has 5 aromatic rings. The Morgan fingerprint density at radius 3 is 2.52 bits per heavy atom. The van der Waals surface area contributed by atoms with Crippen LogP contribution in [0.5, 0.6) is 0 Å². The van der Waals surface area contributed by atoms with Crippen LogP contribution in [-0.4, -0.2) is 66.3 Å². The third kappa shape index (κ3) is 4.99. The van der Waals surface area contributed by atoms with Gasteiger partial charge in [-0.15, -0.1) is 0 Å². The maximum atomic E-state index is 13.4. The second kappa shape index (κ2) is 10.6. The Morgan fingerprint density at radius 1 is 0.975 bits per heavy atom. The zero-order valence-corrected chi connectivity index (χ0v) is 21.9. The fraction of sp³-hybridized carbons (Fsp3) is 0.241. The highest BCUT2D eigenvalue weighted by molar-refractivity contribution is 5.87. The van der Waals surface area contributed by atoms with Crippen LogP contribution in [0, 0.1) is 17.1 Å². The van der Waals surface area contributed by atoms with Gasteiger partial charge in [0.1, 0.15) is 17.7 Å². The van der Waals surface area contributed by atoms with Gasteiger partial charge in [-0.2, -0.15) is 15.5 Å². The van der Waals surface area contributed by atoms with Gasteiger partial charge in [0.15, 0.2) is 0 Å². The van der Waals surface area contributed by atoms with Crippen LogP contribution in [0.2, 0.25) is 0 Å².